The van der Waals surface area contributed by atoms with Gasteiger partial charge in [-0.15, -0.1) is 0 Å². The van der Waals surface area contributed by atoms with Gasteiger partial charge in [-0.05, 0) is 13.1 Å². The fourth-order valence-electron chi connectivity index (χ4n) is 2.44. The first-order chi connectivity index (χ1) is 8.63. The molecule has 0 aromatic heterocycles. The molecule has 1 aliphatic rings. The Morgan fingerprint density at radius 1 is 1.33 bits per heavy atom. The van der Waals surface area contributed by atoms with Crippen LogP contribution in [0.4, 0.5) is 0 Å². The molecule has 0 unspecified atom stereocenters. The van der Waals surface area contributed by atoms with Crippen LogP contribution < -0.4 is 4.74 Å². The molecule has 1 atom stereocenters. The van der Waals surface area contributed by atoms with Crippen LogP contribution in [0.15, 0.2) is 24.3 Å². The molecule has 1 fully saturated rings. The van der Waals surface area contributed by atoms with Crippen molar-refractivity contribution in [3.05, 3.63) is 29.8 Å². The van der Waals surface area contributed by atoms with Crippen molar-refractivity contribution in [2.75, 3.05) is 33.8 Å². The molecule has 2 rings (SSSR count). The molecule has 0 aliphatic carbocycles. The van der Waals surface area contributed by atoms with Gasteiger partial charge in [-0.3, -0.25) is 9.69 Å². The maximum atomic E-state index is 11.5. The second-order valence-corrected chi connectivity index (χ2v) is 4.70. The Morgan fingerprint density at radius 2 is 2.06 bits per heavy atom. The molecular weight excluding hydrogens is 228 g/mol. The van der Waals surface area contributed by atoms with Gasteiger partial charge >= 0.3 is 0 Å². The Kier molecular flexibility index (Phi) is 3.87. The molecule has 1 saturated heterocycles. The minimum Gasteiger partial charge on any atom is -0.496 e. The number of nitrogens with zero attached hydrogens (tertiary/aromatic N) is 2. The maximum Gasteiger partial charge on any atom is 0.219 e. The normalized spacial score (nSPS) is 20.8. The number of methoxy groups -OCH3 is 1. The van der Waals surface area contributed by atoms with E-state index in [-0.39, 0.29) is 11.9 Å². The number of carbonyl (C=O) groups excluding carboxylic acids is 1. The molecule has 4 heteroatoms. The molecule has 98 valence electrons. The first kappa shape index (κ1) is 12.9. The summed E-state index contributed by atoms with van der Waals surface area (Å²) < 4.78 is 5.41. The number of piperazine rings is 1. The number of ether oxygens (including phenoxy) is 1. The minimum absolute atomic E-state index is 0.142. The van der Waals surface area contributed by atoms with E-state index in [1.54, 1.807) is 14.0 Å². The average Bonchev–Trinajstić information content (AvgIpc) is 2.39. The molecule has 0 radical (unpaired) electrons. The Hall–Kier alpha value is -1.55. The molecule has 1 aliphatic heterocycles. The topological polar surface area (TPSA) is 32.8 Å². The molecule has 1 amide bonds. The molecule has 0 N–H and O–H groups in total. The van der Waals surface area contributed by atoms with E-state index in [1.807, 2.05) is 23.1 Å². The summed E-state index contributed by atoms with van der Waals surface area (Å²) in [6.45, 7) is 4.05. The summed E-state index contributed by atoms with van der Waals surface area (Å²) >= 11 is 0. The van der Waals surface area contributed by atoms with E-state index in [2.05, 4.69) is 18.0 Å². The van der Waals surface area contributed by atoms with Crippen molar-refractivity contribution in [2.45, 2.75) is 13.0 Å². The largest absolute Gasteiger partial charge is 0.496 e. The summed E-state index contributed by atoms with van der Waals surface area (Å²) in [5.41, 5.74) is 1.15. The number of carbonyl (C=O) groups is 1. The highest BCUT2D eigenvalue weighted by Gasteiger charge is 2.28. The summed E-state index contributed by atoms with van der Waals surface area (Å²) in [4.78, 5) is 15.7. The standard InChI is InChI=1S/C14H20N2O2/c1-11(17)16-9-8-15(2)13(10-16)12-6-4-5-7-14(12)18-3/h4-7,13H,8-10H2,1-3H3/t13-/m1/s1. The van der Waals surface area contributed by atoms with E-state index >= 15 is 0 Å². The number of amides is 1. The van der Waals surface area contributed by atoms with Crippen molar-refractivity contribution in [3.8, 4) is 5.75 Å². The number of para-hydroxylation sites is 1. The van der Waals surface area contributed by atoms with Crippen LogP contribution in [-0.2, 0) is 4.79 Å². The lowest BCUT2D eigenvalue weighted by atomic mass is 10.0. The highest BCUT2D eigenvalue weighted by atomic mass is 16.5. The fraction of sp³-hybridized carbons (Fsp3) is 0.500. The van der Waals surface area contributed by atoms with Gasteiger partial charge in [0.2, 0.25) is 5.91 Å². The summed E-state index contributed by atoms with van der Waals surface area (Å²) in [6.07, 6.45) is 0. The van der Waals surface area contributed by atoms with E-state index < -0.39 is 0 Å². The Labute approximate surface area is 108 Å². The average molecular weight is 248 g/mol. The van der Waals surface area contributed by atoms with Crippen molar-refractivity contribution in [1.82, 2.24) is 9.80 Å². The smallest absolute Gasteiger partial charge is 0.219 e. The Bertz CT molecular complexity index is 434. The van der Waals surface area contributed by atoms with Crippen LogP contribution in [0.3, 0.4) is 0 Å². The molecule has 0 bridgehead atoms. The predicted octanol–water partition coefficient (Wildman–Crippen LogP) is 1.53. The number of benzene rings is 1. The van der Waals surface area contributed by atoms with Crippen LogP contribution in [-0.4, -0.2) is 49.5 Å². The predicted molar refractivity (Wildman–Crippen MR) is 70.6 cm³/mol. The zero-order valence-corrected chi connectivity index (χ0v) is 11.2. The maximum absolute atomic E-state index is 11.5. The van der Waals surface area contributed by atoms with Gasteiger partial charge in [-0.25, -0.2) is 0 Å². The second kappa shape index (κ2) is 5.40. The van der Waals surface area contributed by atoms with Crippen molar-refractivity contribution in [2.24, 2.45) is 0 Å². The van der Waals surface area contributed by atoms with Gasteiger partial charge in [0.15, 0.2) is 0 Å². The molecule has 4 nitrogen and oxygen atoms in total. The minimum atomic E-state index is 0.142. The molecule has 0 saturated carbocycles. The molecule has 18 heavy (non-hydrogen) atoms. The molecule has 1 aromatic rings. The first-order valence-corrected chi connectivity index (χ1v) is 6.22. The van der Waals surface area contributed by atoms with E-state index in [4.69, 9.17) is 4.74 Å². The van der Waals surface area contributed by atoms with Crippen LogP contribution in [0.1, 0.15) is 18.5 Å². The van der Waals surface area contributed by atoms with Crippen LogP contribution in [0.2, 0.25) is 0 Å². The molecule has 1 heterocycles. The Morgan fingerprint density at radius 3 is 2.72 bits per heavy atom. The monoisotopic (exact) mass is 248 g/mol. The first-order valence-electron chi connectivity index (χ1n) is 6.22. The van der Waals surface area contributed by atoms with E-state index in [9.17, 15) is 4.79 Å². The van der Waals surface area contributed by atoms with Gasteiger partial charge in [0, 0.05) is 32.1 Å². The zero-order chi connectivity index (χ0) is 13.1. The van der Waals surface area contributed by atoms with Gasteiger partial charge < -0.3 is 9.64 Å². The fourth-order valence-corrected chi connectivity index (χ4v) is 2.44. The lowest BCUT2D eigenvalue weighted by Crippen LogP contribution is -2.48. The number of rotatable bonds is 2. The third-order valence-electron chi connectivity index (χ3n) is 3.59. The third kappa shape index (κ3) is 2.48. The summed E-state index contributed by atoms with van der Waals surface area (Å²) in [5, 5.41) is 0. The van der Waals surface area contributed by atoms with Gasteiger partial charge in [0.1, 0.15) is 5.75 Å². The molecule has 1 aromatic carbocycles. The lowest BCUT2D eigenvalue weighted by molar-refractivity contribution is -0.131. The number of likely N-dealkylation sites (N-methyl/N-ethyl adjacent to an activating group) is 1. The van der Waals surface area contributed by atoms with E-state index in [0.717, 1.165) is 30.9 Å². The highest BCUT2D eigenvalue weighted by molar-refractivity contribution is 5.73. The SMILES string of the molecule is COc1ccccc1[C@H]1CN(C(C)=O)CCN1C. The summed E-state index contributed by atoms with van der Waals surface area (Å²) in [7, 11) is 3.78. The number of hydrogen-bond donors (Lipinski definition) is 0. The van der Waals surface area contributed by atoms with Crippen LogP contribution >= 0.6 is 0 Å². The van der Waals surface area contributed by atoms with Crippen molar-refractivity contribution >= 4 is 5.91 Å². The molecular formula is C14H20N2O2. The third-order valence-corrected chi connectivity index (χ3v) is 3.59. The van der Waals surface area contributed by atoms with Crippen molar-refractivity contribution < 1.29 is 9.53 Å². The summed E-state index contributed by atoms with van der Waals surface area (Å²) in [6, 6.07) is 8.23. The second-order valence-electron chi connectivity index (χ2n) is 4.70. The highest BCUT2D eigenvalue weighted by Crippen LogP contribution is 2.30. The number of hydrogen-bond acceptors (Lipinski definition) is 3. The van der Waals surface area contributed by atoms with Crippen LogP contribution in [0, 0.1) is 0 Å². The van der Waals surface area contributed by atoms with E-state index in [0.29, 0.717) is 0 Å². The zero-order valence-electron chi connectivity index (χ0n) is 11.2. The van der Waals surface area contributed by atoms with Crippen LogP contribution in [0.25, 0.3) is 0 Å². The van der Waals surface area contributed by atoms with Crippen molar-refractivity contribution in [1.29, 1.82) is 0 Å². The van der Waals surface area contributed by atoms with Gasteiger partial charge in [-0.2, -0.15) is 0 Å². The van der Waals surface area contributed by atoms with Gasteiger partial charge in [0.05, 0.1) is 13.2 Å². The van der Waals surface area contributed by atoms with E-state index in [1.165, 1.54) is 0 Å². The quantitative estimate of drug-likeness (QED) is 0.795. The Balaban J connectivity index is 2.26. The van der Waals surface area contributed by atoms with Gasteiger partial charge in [0.25, 0.3) is 0 Å². The molecule has 0 spiro atoms. The summed E-state index contributed by atoms with van der Waals surface area (Å²) in [5.74, 6) is 1.03. The van der Waals surface area contributed by atoms with Crippen LogP contribution in [0.5, 0.6) is 5.75 Å². The lowest BCUT2D eigenvalue weighted by Gasteiger charge is -2.39. The van der Waals surface area contributed by atoms with Crippen molar-refractivity contribution in [3.63, 3.8) is 0 Å². The van der Waals surface area contributed by atoms with Gasteiger partial charge in [-0.1, -0.05) is 18.2 Å².